The molecule has 0 atom stereocenters. The van der Waals surface area contributed by atoms with Crippen molar-refractivity contribution in [2.24, 2.45) is 10.9 Å². The molecule has 0 aliphatic carbocycles. The van der Waals surface area contributed by atoms with Crippen molar-refractivity contribution < 1.29 is 14.4 Å². The summed E-state index contributed by atoms with van der Waals surface area (Å²) < 4.78 is 13.1. The molecule has 2 rings (SSSR count). The maximum absolute atomic E-state index is 13.1. The minimum Gasteiger partial charge on any atom is -0.409 e. The summed E-state index contributed by atoms with van der Waals surface area (Å²) in [5.74, 6) is -0.909. The number of carbonyl (C=O) groups is 1. The maximum atomic E-state index is 13.1. The zero-order valence-electron chi connectivity index (χ0n) is 11.3. The summed E-state index contributed by atoms with van der Waals surface area (Å²) in [6.07, 6.45) is 0. The van der Waals surface area contributed by atoms with Gasteiger partial charge in [-0.05, 0) is 42.8 Å². The summed E-state index contributed by atoms with van der Waals surface area (Å²) in [5.41, 5.74) is 7.23. The highest BCUT2D eigenvalue weighted by Gasteiger charge is 2.13. The Balaban J connectivity index is 2.32. The maximum Gasteiger partial charge on any atom is 0.255 e. The molecule has 0 aliphatic rings. The van der Waals surface area contributed by atoms with E-state index >= 15 is 0 Å². The molecule has 0 unspecified atom stereocenters. The lowest BCUT2D eigenvalue weighted by atomic mass is 10.1. The summed E-state index contributed by atoms with van der Waals surface area (Å²) in [5, 5.41) is 14.3. The number of hydrogen-bond acceptors (Lipinski definition) is 3. The van der Waals surface area contributed by atoms with E-state index in [9.17, 15) is 9.18 Å². The van der Waals surface area contributed by atoms with Gasteiger partial charge in [-0.2, -0.15) is 0 Å². The second-order valence-corrected chi connectivity index (χ2v) is 4.44. The van der Waals surface area contributed by atoms with Crippen LogP contribution in [0, 0.1) is 12.7 Å². The van der Waals surface area contributed by atoms with E-state index in [0.717, 1.165) is 0 Å². The monoisotopic (exact) mass is 287 g/mol. The van der Waals surface area contributed by atoms with Crippen molar-refractivity contribution in [3.8, 4) is 0 Å². The van der Waals surface area contributed by atoms with Crippen LogP contribution in [0.2, 0.25) is 0 Å². The molecule has 0 saturated carbocycles. The first-order chi connectivity index (χ1) is 10.0. The zero-order valence-corrected chi connectivity index (χ0v) is 11.3. The van der Waals surface area contributed by atoms with Gasteiger partial charge in [0.25, 0.3) is 5.91 Å². The van der Waals surface area contributed by atoms with Gasteiger partial charge in [0.05, 0.1) is 5.69 Å². The minimum atomic E-state index is -0.402. The van der Waals surface area contributed by atoms with Crippen molar-refractivity contribution in [2.45, 2.75) is 6.92 Å². The van der Waals surface area contributed by atoms with Gasteiger partial charge in [-0.15, -0.1) is 0 Å². The summed E-state index contributed by atoms with van der Waals surface area (Å²) >= 11 is 0. The first kappa shape index (κ1) is 14.5. The second kappa shape index (κ2) is 6.04. The second-order valence-electron chi connectivity index (χ2n) is 4.44. The molecule has 0 bridgehead atoms. The molecule has 0 radical (unpaired) electrons. The third-order valence-corrected chi connectivity index (χ3v) is 2.99. The molecule has 5 nitrogen and oxygen atoms in total. The van der Waals surface area contributed by atoms with Crippen LogP contribution in [-0.2, 0) is 0 Å². The predicted octanol–water partition coefficient (Wildman–Crippen LogP) is 2.48. The average molecular weight is 287 g/mol. The molecule has 108 valence electrons. The molecule has 0 spiro atoms. The lowest BCUT2D eigenvalue weighted by Gasteiger charge is -2.11. The zero-order chi connectivity index (χ0) is 15.4. The van der Waals surface area contributed by atoms with E-state index in [4.69, 9.17) is 10.9 Å². The number of nitrogens with two attached hydrogens (primary N) is 1. The highest BCUT2D eigenvalue weighted by molar-refractivity contribution is 6.10. The number of nitrogens with one attached hydrogen (secondary N) is 1. The van der Waals surface area contributed by atoms with Crippen LogP contribution in [0.25, 0.3) is 0 Å². The van der Waals surface area contributed by atoms with Crippen molar-refractivity contribution in [3.63, 3.8) is 0 Å². The standard InChI is InChI=1S/C15H14FN3O2/c1-9-8-10(16)6-7-11(9)15(20)18-13-5-3-2-4-12(13)14(17)19-21/h2-8,21H,1H3,(H2,17,19)(H,18,20). The van der Waals surface area contributed by atoms with Crippen LogP contribution in [0.1, 0.15) is 21.5 Å². The topological polar surface area (TPSA) is 87.7 Å². The highest BCUT2D eigenvalue weighted by atomic mass is 19.1. The van der Waals surface area contributed by atoms with Gasteiger partial charge in [0.15, 0.2) is 5.84 Å². The largest absolute Gasteiger partial charge is 0.409 e. The van der Waals surface area contributed by atoms with Gasteiger partial charge < -0.3 is 16.3 Å². The Morgan fingerprint density at radius 2 is 1.95 bits per heavy atom. The number of halogens is 1. The number of amides is 1. The fourth-order valence-electron chi connectivity index (χ4n) is 1.94. The number of anilines is 1. The van der Waals surface area contributed by atoms with E-state index in [1.165, 1.54) is 18.2 Å². The van der Waals surface area contributed by atoms with Gasteiger partial charge in [-0.25, -0.2) is 4.39 Å². The quantitative estimate of drug-likeness (QED) is 0.351. The number of nitrogens with zero attached hydrogens (tertiary/aromatic N) is 1. The SMILES string of the molecule is Cc1cc(F)ccc1C(=O)Nc1ccccc1/C(N)=N/O. The molecular weight excluding hydrogens is 273 g/mol. The van der Waals surface area contributed by atoms with Crippen molar-refractivity contribution in [1.82, 2.24) is 0 Å². The molecule has 21 heavy (non-hydrogen) atoms. The molecule has 0 aliphatic heterocycles. The molecule has 0 fully saturated rings. The fraction of sp³-hybridized carbons (Fsp3) is 0.0667. The Kier molecular flexibility index (Phi) is 4.18. The molecule has 1 amide bonds. The van der Waals surface area contributed by atoms with Crippen molar-refractivity contribution in [2.75, 3.05) is 5.32 Å². The van der Waals surface area contributed by atoms with Crippen LogP contribution >= 0.6 is 0 Å². The fourth-order valence-corrected chi connectivity index (χ4v) is 1.94. The van der Waals surface area contributed by atoms with Gasteiger partial charge in [-0.3, -0.25) is 4.79 Å². The van der Waals surface area contributed by atoms with Crippen molar-refractivity contribution in [1.29, 1.82) is 0 Å². The van der Waals surface area contributed by atoms with E-state index in [-0.39, 0.29) is 5.84 Å². The minimum absolute atomic E-state index is 0.110. The first-order valence-corrected chi connectivity index (χ1v) is 6.17. The summed E-state index contributed by atoms with van der Waals surface area (Å²) in [6.45, 7) is 1.65. The Morgan fingerprint density at radius 1 is 1.24 bits per heavy atom. The van der Waals surface area contributed by atoms with E-state index in [1.807, 2.05) is 0 Å². The van der Waals surface area contributed by atoms with Crippen LogP contribution in [0.5, 0.6) is 0 Å². The average Bonchev–Trinajstić information content (AvgIpc) is 2.46. The van der Waals surface area contributed by atoms with E-state index in [0.29, 0.717) is 22.4 Å². The Bertz CT molecular complexity index is 714. The van der Waals surface area contributed by atoms with Crippen LogP contribution < -0.4 is 11.1 Å². The van der Waals surface area contributed by atoms with Crippen LogP contribution in [0.15, 0.2) is 47.6 Å². The highest BCUT2D eigenvalue weighted by Crippen LogP contribution is 2.17. The van der Waals surface area contributed by atoms with Gasteiger partial charge in [0.2, 0.25) is 0 Å². The molecule has 0 saturated heterocycles. The molecule has 0 aromatic heterocycles. The van der Waals surface area contributed by atoms with Crippen LogP contribution in [0.3, 0.4) is 0 Å². The van der Waals surface area contributed by atoms with Crippen LogP contribution in [0.4, 0.5) is 10.1 Å². The third kappa shape index (κ3) is 3.17. The predicted molar refractivity (Wildman–Crippen MR) is 78.0 cm³/mol. The Labute approximate surface area is 120 Å². The number of aryl methyl sites for hydroxylation is 1. The summed E-state index contributed by atoms with van der Waals surface area (Å²) in [7, 11) is 0. The number of rotatable bonds is 3. The molecule has 6 heteroatoms. The molecular formula is C15H14FN3O2. The molecule has 2 aromatic rings. The Hall–Kier alpha value is -2.89. The summed E-state index contributed by atoms with van der Waals surface area (Å²) in [6, 6.07) is 10.6. The summed E-state index contributed by atoms with van der Waals surface area (Å²) in [4.78, 5) is 12.2. The first-order valence-electron chi connectivity index (χ1n) is 6.17. The van der Waals surface area contributed by atoms with E-state index < -0.39 is 11.7 Å². The number of para-hydroxylation sites is 1. The third-order valence-electron chi connectivity index (χ3n) is 2.99. The smallest absolute Gasteiger partial charge is 0.255 e. The van der Waals surface area contributed by atoms with Crippen molar-refractivity contribution in [3.05, 3.63) is 65.0 Å². The van der Waals surface area contributed by atoms with Gasteiger partial charge in [0.1, 0.15) is 5.82 Å². The van der Waals surface area contributed by atoms with E-state index in [2.05, 4.69) is 10.5 Å². The number of amidine groups is 1. The lowest BCUT2D eigenvalue weighted by molar-refractivity contribution is 0.102. The van der Waals surface area contributed by atoms with Crippen LogP contribution in [-0.4, -0.2) is 17.0 Å². The van der Waals surface area contributed by atoms with Gasteiger partial charge in [-0.1, -0.05) is 17.3 Å². The number of benzene rings is 2. The molecule has 4 N–H and O–H groups in total. The number of oxime groups is 1. The number of hydrogen-bond donors (Lipinski definition) is 3. The molecule has 2 aromatic carbocycles. The molecule has 0 heterocycles. The Morgan fingerprint density at radius 3 is 2.62 bits per heavy atom. The van der Waals surface area contributed by atoms with Gasteiger partial charge in [0, 0.05) is 11.1 Å². The van der Waals surface area contributed by atoms with Crippen molar-refractivity contribution >= 4 is 17.4 Å². The van der Waals surface area contributed by atoms with Gasteiger partial charge >= 0.3 is 0 Å². The lowest BCUT2D eigenvalue weighted by Crippen LogP contribution is -2.19. The van der Waals surface area contributed by atoms with E-state index in [1.54, 1.807) is 31.2 Å². The normalized spacial score (nSPS) is 11.2. The number of carbonyl (C=O) groups excluding carboxylic acids is 1.